The number of ether oxygens (including phenoxy) is 1. The van der Waals surface area contributed by atoms with Crippen molar-refractivity contribution in [3.63, 3.8) is 0 Å². The van der Waals surface area contributed by atoms with E-state index in [4.69, 9.17) is 9.84 Å². The molecule has 0 aliphatic carbocycles. The highest BCUT2D eigenvalue weighted by molar-refractivity contribution is 7.90. The molecule has 6 nitrogen and oxygen atoms in total. The number of benzene rings is 1. The van der Waals surface area contributed by atoms with Gasteiger partial charge in [0.2, 0.25) is 0 Å². The summed E-state index contributed by atoms with van der Waals surface area (Å²) in [6.45, 7) is 0. The number of carboxylic acid groups (broad SMARTS) is 1. The van der Waals surface area contributed by atoms with Gasteiger partial charge in [0.25, 0.3) is 10.0 Å². The lowest BCUT2D eigenvalue weighted by Gasteiger charge is -2.06. The van der Waals surface area contributed by atoms with Crippen LogP contribution in [-0.2, 0) is 10.0 Å². The van der Waals surface area contributed by atoms with Crippen LogP contribution in [0.2, 0.25) is 0 Å². The minimum absolute atomic E-state index is 0.0563. The molecule has 100 valence electrons. The van der Waals surface area contributed by atoms with Crippen LogP contribution < -0.4 is 4.74 Å². The Morgan fingerprint density at radius 2 is 1.84 bits per heavy atom. The summed E-state index contributed by atoms with van der Waals surface area (Å²) in [5.41, 5.74) is -0.0860. The summed E-state index contributed by atoms with van der Waals surface area (Å²) < 4.78 is 30.2. The van der Waals surface area contributed by atoms with Crippen LogP contribution in [0.4, 0.5) is 0 Å². The quantitative estimate of drug-likeness (QED) is 0.916. The van der Waals surface area contributed by atoms with Gasteiger partial charge in [0.15, 0.2) is 0 Å². The van der Waals surface area contributed by atoms with E-state index in [1.54, 1.807) is 0 Å². The van der Waals surface area contributed by atoms with Crippen LogP contribution >= 0.6 is 0 Å². The molecule has 2 rings (SSSR count). The van der Waals surface area contributed by atoms with E-state index >= 15 is 0 Å². The molecular formula is C12H11NO5S. The monoisotopic (exact) mass is 281 g/mol. The lowest BCUT2D eigenvalue weighted by molar-refractivity contribution is 0.0697. The van der Waals surface area contributed by atoms with E-state index in [-0.39, 0.29) is 10.5 Å². The van der Waals surface area contributed by atoms with E-state index in [1.165, 1.54) is 43.6 Å². The molecule has 0 saturated heterocycles. The minimum Gasteiger partial charge on any atom is -0.497 e. The van der Waals surface area contributed by atoms with Crippen LogP contribution in [0.5, 0.6) is 5.75 Å². The fourth-order valence-corrected chi connectivity index (χ4v) is 2.72. The molecule has 0 fully saturated rings. The van der Waals surface area contributed by atoms with Crippen molar-refractivity contribution in [3.05, 3.63) is 48.3 Å². The van der Waals surface area contributed by atoms with Crippen molar-refractivity contribution in [2.75, 3.05) is 7.11 Å². The highest BCUT2D eigenvalue weighted by atomic mass is 32.2. The maximum atomic E-state index is 12.2. The molecule has 7 heteroatoms. The largest absolute Gasteiger partial charge is 0.497 e. The topological polar surface area (TPSA) is 85.6 Å². The van der Waals surface area contributed by atoms with Gasteiger partial charge in [-0.3, -0.25) is 0 Å². The van der Waals surface area contributed by atoms with Crippen molar-refractivity contribution < 1.29 is 23.1 Å². The molecule has 0 atom stereocenters. The van der Waals surface area contributed by atoms with Crippen molar-refractivity contribution in [1.29, 1.82) is 0 Å². The second-order valence-electron chi connectivity index (χ2n) is 3.72. The molecule has 19 heavy (non-hydrogen) atoms. The summed E-state index contributed by atoms with van der Waals surface area (Å²) in [4.78, 5) is 10.8. The number of hydrogen-bond donors (Lipinski definition) is 1. The molecule has 0 saturated carbocycles. The third-order valence-electron chi connectivity index (χ3n) is 2.55. The van der Waals surface area contributed by atoms with Crippen molar-refractivity contribution in [3.8, 4) is 5.75 Å². The minimum atomic E-state index is -3.78. The number of hydrogen-bond acceptors (Lipinski definition) is 4. The zero-order valence-corrected chi connectivity index (χ0v) is 10.8. The van der Waals surface area contributed by atoms with Gasteiger partial charge in [0, 0.05) is 12.4 Å². The van der Waals surface area contributed by atoms with Crippen LogP contribution in [-0.4, -0.2) is 30.6 Å². The average molecular weight is 281 g/mol. The van der Waals surface area contributed by atoms with E-state index < -0.39 is 16.0 Å². The Kier molecular flexibility index (Phi) is 3.30. The van der Waals surface area contributed by atoms with E-state index in [0.717, 1.165) is 10.2 Å². The first-order valence-corrected chi connectivity index (χ1v) is 6.70. The first kappa shape index (κ1) is 13.2. The third-order valence-corrected chi connectivity index (χ3v) is 4.20. The Bertz CT molecular complexity index is 700. The zero-order chi connectivity index (χ0) is 14.0. The number of aromatic carboxylic acids is 1. The number of nitrogens with zero attached hydrogens (tertiary/aromatic N) is 1. The summed E-state index contributed by atoms with van der Waals surface area (Å²) >= 11 is 0. The van der Waals surface area contributed by atoms with Gasteiger partial charge in [0.05, 0.1) is 17.6 Å². The van der Waals surface area contributed by atoms with Crippen LogP contribution in [0.25, 0.3) is 0 Å². The maximum Gasteiger partial charge on any atom is 0.337 e. The van der Waals surface area contributed by atoms with Gasteiger partial charge in [-0.25, -0.2) is 17.2 Å². The maximum absolute atomic E-state index is 12.2. The Morgan fingerprint density at radius 1 is 1.21 bits per heavy atom. The summed E-state index contributed by atoms with van der Waals surface area (Å²) in [5, 5.41) is 8.78. The predicted molar refractivity (Wildman–Crippen MR) is 67.0 cm³/mol. The second-order valence-corrected chi connectivity index (χ2v) is 5.56. The van der Waals surface area contributed by atoms with Crippen LogP contribution in [0.3, 0.4) is 0 Å². The number of carboxylic acids is 1. The average Bonchev–Trinajstić information content (AvgIpc) is 2.89. The number of methoxy groups -OCH3 is 1. The molecular weight excluding hydrogens is 270 g/mol. The molecule has 0 aliphatic heterocycles. The molecule has 1 heterocycles. The van der Waals surface area contributed by atoms with Gasteiger partial charge >= 0.3 is 5.97 Å². The summed E-state index contributed by atoms with van der Waals surface area (Å²) in [7, 11) is -2.30. The summed E-state index contributed by atoms with van der Waals surface area (Å²) in [5.74, 6) is -0.638. The van der Waals surface area contributed by atoms with Gasteiger partial charge < -0.3 is 9.84 Å². The predicted octanol–water partition coefficient (Wildman–Crippen LogP) is 1.43. The highest BCUT2D eigenvalue weighted by Gasteiger charge is 2.18. The molecule has 1 aromatic carbocycles. The molecule has 0 spiro atoms. The number of rotatable bonds is 4. The first-order chi connectivity index (χ1) is 8.95. The van der Waals surface area contributed by atoms with Gasteiger partial charge in [-0.05, 0) is 30.3 Å². The first-order valence-electron chi connectivity index (χ1n) is 5.26. The van der Waals surface area contributed by atoms with Crippen LogP contribution in [0.15, 0.2) is 47.6 Å². The van der Waals surface area contributed by atoms with Crippen LogP contribution in [0.1, 0.15) is 10.4 Å². The van der Waals surface area contributed by atoms with Gasteiger partial charge in [-0.15, -0.1) is 0 Å². The number of aromatic nitrogens is 1. The molecule has 0 amide bonds. The van der Waals surface area contributed by atoms with E-state index in [9.17, 15) is 13.2 Å². The van der Waals surface area contributed by atoms with Crippen LogP contribution in [0, 0.1) is 0 Å². The van der Waals surface area contributed by atoms with Crippen molar-refractivity contribution in [1.82, 2.24) is 3.97 Å². The standard InChI is InChI=1S/C12H11NO5S/c1-18-10-2-4-11(5-3-10)19(16,17)13-7-6-9(8-13)12(14)15/h2-8H,1H3,(H,14,15). The third kappa shape index (κ3) is 2.45. The van der Waals surface area contributed by atoms with Crippen molar-refractivity contribution >= 4 is 16.0 Å². The van der Waals surface area contributed by atoms with E-state index in [0.29, 0.717) is 5.75 Å². The molecule has 0 radical (unpaired) electrons. The molecule has 0 aliphatic rings. The summed E-state index contributed by atoms with van der Waals surface area (Å²) in [6.07, 6.45) is 2.25. The Hall–Kier alpha value is -2.28. The zero-order valence-electron chi connectivity index (χ0n) is 9.98. The Labute approximate surface area is 109 Å². The molecule has 0 unspecified atom stereocenters. The van der Waals surface area contributed by atoms with E-state index in [2.05, 4.69) is 0 Å². The Morgan fingerprint density at radius 3 is 2.32 bits per heavy atom. The molecule has 0 bridgehead atoms. The Balaban J connectivity index is 2.42. The molecule has 1 aromatic heterocycles. The fraction of sp³-hybridized carbons (Fsp3) is 0.0833. The smallest absolute Gasteiger partial charge is 0.337 e. The van der Waals surface area contributed by atoms with Gasteiger partial charge in [0.1, 0.15) is 5.75 Å². The van der Waals surface area contributed by atoms with Crippen molar-refractivity contribution in [2.45, 2.75) is 4.90 Å². The fourth-order valence-electron chi connectivity index (χ4n) is 1.52. The molecule has 1 N–H and O–H groups in total. The lowest BCUT2D eigenvalue weighted by Crippen LogP contribution is -2.11. The summed E-state index contributed by atoms with van der Waals surface area (Å²) in [6, 6.07) is 7.07. The highest BCUT2D eigenvalue weighted by Crippen LogP contribution is 2.18. The van der Waals surface area contributed by atoms with E-state index in [1.807, 2.05) is 0 Å². The van der Waals surface area contributed by atoms with Gasteiger partial charge in [-0.2, -0.15) is 0 Å². The molecule has 2 aromatic rings. The normalized spacial score (nSPS) is 11.2. The SMILES string of the molecule is COc1ccc(S(=O)(=O)n2ccc(C(=O)O)c2)cc1. The van der Waals surface area contributed by atoms with Crippen molar-refractivity contribution in [2.24, 2.45) is 0 Å². The van der Waals surface area contributed by atoms with Gasteiger partial charge in [-0.1, -0.05) is 0 Å². The number of carbonyl (C=O) groups is 1. The lowest BCUT2D eigenvalue weighted by atomic mass is 10.3. The second kappa shape index (κ2) is 4.77.